The summed E-state index contributed by atoms with van der Waals surface area (Å²) in [6.45, 7) is 3.34. The Morgan fingerprint density at radius 3 is 3.08 bits per heavy atom. The summed E-state index contributed by atoms with van der Waals surface area (Å²) < 4.78 is 0. The van der Waals surface area contributed by atoms with Crippen LogP contribution in [0.3, 0.4) is 0 Å². The molecule has 4 rings (SSSR count). The third-order valence-corrected chi connectivity index (χ3v) is 5.33. The lowest BCUT2D eigenvalue weighted by molar-refractivity contribution is 0.0261. The van der Waals surface area contributed by atoms with Crippen LogP contribution in [0.15, 0.2) is 12.4 Å². The first-order valence-electron chi connectivity index (χ1n) is 9.03. The Morgan fingerprint density at radius 2 is 2.27 bits per heavy atom. The van der Waals surface area contributed by atoms with Crippen LogP contribution in [-0.4, -0.2) is 68.4 Å². The van der Waals surface area contributed by atoms with E-state index in [1.54, 1.807) is 11.9 Å². The largest absolute Gasteiger partial charge is 0.386 e. The monoisotopic (exact) mass is 356 g/mol. The molecule has 8 nitrogen and oxygen atoms in total. The minimum atomic E-state index is -0.956. The predicted octanol–water partition coefficient (Wildman–Crippen LogP) is 0.710. The molecule has 0 spiro atoms. The Hall–Kier alpha value is -2.48. The SMILES string of the molecule is Cc1cc(N2CC[C@](O)(CN(C)C(=O)c3n[nH]c4c3CCC4)C2)ncn1. The predicted molar refractivity (Wildman–Crippen MR) is 96.1 cm³/mol. The van der Waals surface area contributed by atoms with Gasteiger partial charge in [0.15, 0.2) is 5.69 Å². The highest BCUT2D eigenvalue weighted by Crippen LogP contribution is 2.28. The molecule has 2 aromatic heterocycles. The van der Waals surface area contributed by atoms with Crippen LogP contribution in [0.2, 0.25) is 0 Å². The van der Waals surface area contributed by atoms with Crippen LogP contribution in [0.4, 0.5) is 5.82 Å². The number of hydrogen-bond donors (Lipinski definition) is 2. The van der Waals surface area contributed by atoms with E-state index in [0.717, 1.165) is 42.0 Å². The van der Waals surface area contributed by atoms with E-state index in [-0.39, 0.29) is 12.5 Å². The molecule has 0 aromatic carbocycles. The third-order valence-electron chi connectivity index (χ3n) is 5.33. The number of fused-ring (bicyclic) bond motifs is 1. The summed E-state index contributed by atoms with van der Waals surface area (Å²) in [5.41, 5.74) is 2.56. The van der Waals surface area contributed by atoms with Crippen molar-refractivity contribution >= 4 is 11.7 Å². The van der Waals surface area contributed by atoms with E-state index in [1.807, 2.05) is 17.9 Å². The average Bonchev–Trinajstić information content (AvgIpc) is 3.29. The molecule has 1 fully saturated rings. The number of carbonyl (C=O) groups is 1. The highest BCUT2D eigenvalue weighted by molar-refractivity contribution is 5.94. The second-order valence-electron chi connectivity index (χ2n) is 7.46. The van der Waals surface area contributed by atoms with E-state index in [0.29, 0.717) is 25.2 Å². The van der Waals surface area contributed by atoms with Crippen LogP contribution < -0.4 is 4.90 Å². The van der Waals surface area contributed by atoms with Crippen molar-refractivity contribution in [3.8, 4) is 0 Å². The first kappa shape index (κ1) is 17.0. The zero-order valence-electron chi connectivity index (χ0n) is 15.2. The van der Waals surface area contributed by atoms with Crippen LogP contribution in [0.5, 0.6) is 0 Å². The fourth-order valence-electron chi connectivity index (χ4n) is 3.98. The van der Waals surface area contributed by atoms with Gasteiger partial charge in [0.25, 0.3) is 5.91 Å². The summed E-state index contributed by atoms with van der Waals surface area (Å²) >= 11 is 0. The summed E-state index contributed by atoms with van der Waals surface area (Å²) in [7, 11) is 1.73. The zero-order valence-corrected chi connectivity index (χ0v) is 15.2. The summed E-state index contributed by atoms with van der Waals surface area (Å²) in [5, 5.41) is 18.2. The number of rotatable bonds is 4. The van der Waals surface area contributed by atoms with Crippen LogP contribution in [0, 0.1) is 6.92 Å². The first-order chi connectivity index (χ1) is 12.5. The number of amides is 1. The molecule has 2 aliphatic rings. The Labute approximate surface area is 152 Å². The van der Waals surface area contributed by atoms with Crippen molar-refractivity contribution in [2.45, 2.75) is 38.2 Å². The Balaban J connectivity index is 1.44. The molecule has 0 bridgehead atoms. The van der Waals surface area contributed by atoms with Crippen molar-refractivity contribution in [2.75, 3.05) is 31.6 Å². The molecular weight excluding hydrogens is 332 g/mol. The molecule has 2 N–H and O–H groups in total. The molecule has 1 aliphatic carbocycles. The van der Waals surface area contributed by atoms with Crippen molar-refractivity contribution < 1.29 is 9.90 Å². The van der Waals surface area contributed by atoms with Crippen LogP contribution >= 0.6 is 0 Å². The molecule has 138 valence electrons. The second kappa shape index (κ2) is 6.35. The quantitative estimate of drug-likeness (QED) is 0.837. The summed E-state index contributed by atoms with van der Waals surface area (Å²) in [6.07, 6.45) is 5.04. The van der Waals surface area contributed by atoms with E-state index in [9.17, 15) is 9.90 Å². The van der Waals surface area contributed by atoms with Crippen molar-refractivity contribution in [1.29, 1.82) is 0 Å². The number of β-amino-alcohol motifs (C(OH)–C–C–N with tert-alkyl or cyclic N) is 1. The van der Waals surface area contributed by atoms with Crippen LogP contribution in [-0.2, 0) is 12.8 Å². The molecule has 1 atom stereocenters. The Morgan fingerprint density at radius 1 is 1.42 bits per heavy atom. The van der Waals surface area contributed by atoms with E-state index in [2.05, 4.69) is 20.2 Å². The van der Waals surface area contributed by atoms with Crippen molar-refractivity contribution in [1.82, 2.24) is 25.1 Å². The Kier molecular flexibility index (Phi) is 4.14. The molecule has 1 amide bonds. The average molecular weight is 356 g/mol. The van der Waals surface area contributed by atoms with Crippen molar-refractivity contribution in [3.63, 3.8) is 0 Å². The molecule has 1 saturated heterocycles. The highest BCUT2D eigenvalue weighted by Gasteiger charge is 2.39. The number of nitrogens with one attached hydrogen (secondary N) is 1. The standard InChI is InChI=1S/C18H24N6O2/c1-12-8-15(20-11-19-12)24-7-6-18(26,10-24)9-23(2)17(25)16-13-4-3-5-14(13)21-22-16/h8,11,26H,3-7,9-10H2,1-2H3,(H,21,22)/t18-/m0/s1. The van der Waals surface area contributed by atoms with Gasteiger partial charge in [0, 0.05) is 43.2 Å². The van der Waals surface area contributed by atoms with Gasteiger partial charge in [-0.25, -0.2) is 9.97 Å². The number of aryl methyl sites for hydroxylation is 2. The van der Waals surface area contributed by atoms with Gasteiger partial charge < -0.3 is 14.9 Å². The number of aliphatic hydroxyl groups is 1. The minimum Gasteiger partial charge on any atom is -0.386 e. The molecule has 0 saturated carbocycles. The molecular formula is C18H24N6O2. The van der Waals surface area contributed by atoms with Gasteiger partial charge in [-0.2, -0.15) is 5.10 Å². The smallest absolute Gasteiger partial charge is 0.274 e. The maximum atomic E-state index is 12.8. The number of anilines is 1. The van der Waals surface area contributed by atoms with Crippen molar-refractivity contribution in [3.05, 3.63) is 35.0 Å². The Bertz CT molecular complexity index is 835. The highest BCUT2D eigenvalue weighted by atomic mass is 16.3. The number of H-pyrrole nitrogens is 1. The topological polar surface area (TPSA) is 98.2 Å². The van der Waals surface area contributed by atoms with Gasteiger partial charge >= 0.3 is 0 Å². The molecule has 3 heterocycles. The van der Waals surface area contributed by atoms with Gasteiger partial charge in [-0.05, 0) is 32.6 Å². The summed E-state index contributed by atoms with van der Waals surface area (Å²) in [4.78, 5) is 24.8. The molecule has 0 unspecified atom stereocenters. The summed E-state index contributed by atoms with van der Waals surface area (Å²) in [6, 6.07) is 1.91. The molecule has 8 heteroatoms. The second-order valence-corrected chi connectivity index (χ2v) is 7.46. The number of likely N-dealkylation sites (N-methyl/N-ethyl adjacent to an activating group) is 1. The molecule has 26 heavy (non-hydrogen) atoms. The molecule has 2 aromatic rings. The number of aromatic nitrogens is 4. The molecule has 1 aliphatic heterocycles. The van der Waals surface area contributed by atoms with E-state index < -0.39 is 5.60 Å². The number of aromatic amines is 1. The lowest BCUT2D eigenvalue weighted by Crippen LogP contribution is -2.46. The van der Waals surface area contributed by atoms with Gasteiger partial charge in [0.1, 0.15) is 17.7 Å². The van der Waals surface area contributed by atoms with Crippen molar-refractivity contribution in [2.24, 2.45) is 0 Å². The number of nitrogens with zero attached hydrogens (tertiary/aromatic N) is 5. The fourth-order valence-corrected chi connectivity index (χ4v) is 3.98. The minimum absolute atomic E-state index is 0.130. The first-order valence-corrected chi connectivity index (χ1v) is 9.03. The number of carbonyl (C=O) groups excluding carboxylic acids is 1. The van der Waals surface area contributed by atoms with Crippen LogP contribution in [0.25, 0.3) is 0 Å². The number of hydrogen-bond acceptors (Lipinski definition) is 6. The normalized spacial score (nSPS) is 21.9. The summed E-state index contributed by atoms with van der Waals surface area (Å²) in [5.74, 6) is 0.682. The van der Waals surface area contributed by atoms with Gasteiger partial charge in [-0.3, -0.25) is 9.89 Å². The van der Waals surface area contributed by atoms with Crippen LogP contribution in [0.1, 0.15) is 40.3 Å². The van der Waals surface area contributed by atoms with E-state index >= 15 is 0 Å². The van der Waals surface area contributed by atoms with Gasteiger partial charge in [0.05, 0.1) is 6.54 Å². The van der Waals surface area contributed by atoms with Gasteiger partial charge in [0.2, 0.25) is 0 Å². The fraction of sp³-hybridized carbons (Fsp3) is 0.556. The van der Waals surface area contributed by atoms with Gasteiger partial charge in [-0.1, -0.05) is 0 Å². The lowest BCUT2D eigenvalue weighted by atomic mass is 10.0. The zero-order chi connectivity index (χ0) is 18.3. The van der Waals surface area contributed by atoms with E-state index in [4.69, 9.17) is 0 Å². The van der Waals surface area contributed by atoms with E-state index in [1.165, 1.54) is 6.33 Å². The maximum Gasteiger partial charge on any atom is 0.274 e. The maximum absolute atomic E-state index is 12.8. The molecule has 0 radical (unpaired) electrons. The van der Waals surface area contributed by atoms with Gasteiger partial charge in [-0.15, -0.1) is 0 Å². The third kappa shape index (κ3) is 3.05. The lowest BCUT2D eigenvalue weighted by Gasteiger charge is -2.29.